The summed E-state index contributed by atoms with van der Waals surface area (Å²) < 4.78 is 16.8. The van der Waals surface area contributed by atoms with Crippen LogP contribution in [0, 0.1) is 0 Å². The number of rotatable bonds is 7. The van der Waals surface area contributed by atoms with Crippen LogP contribution in [0.2, 0.25) is 0 Å². The van der Waals surface area contributed by atoms with E-state index in [9.17, 15) is 0 Å². The van der Waals surface area contributed by atoms with E-state index in [-0.39, 0.29) is 12.2 Å². The van der Waals surface area contributed by atoms with E-state index in [2.05, 4.69) is 12.2 Å². The molecule has 3 unspecified atom stereocenters. The average molecular weight is 231 g/mol. The summed E-state index contributed by atoms with van der Waals surface area (Å²) in [5.74, 6) is 0. The van der Waals surface area contributed by atoms with Crippen LogP contribution in [-0.4, -0.2) is 51.2 Å². The lowest BCUT2D eigenvalue weighted by Crippen LogP contribution is -2.49. The predicted molar refractivity (Wildman–Crippen MR) is 63.7 cm³/mol. The molecule has 0 saturated carbocycles. The largest absolute Gasteiger partial charge is 0.379 e. The molecule has 1 rings (SSSR count). The summed E-state index contributed by atoms with van der Waals surface area (Å²) in [7, 11) is 0. The van der Waals surface area contributed by atoms with Crippen LogP contribution in [0.4, 0.5) is 0 Å². The van der Waals surface area contributed by atoms with Gasteiger partial charge in [-0.1, -0.05) is 6.92 Å². The van der Waals surface area contributed by atoms with Crippen LogP contribution in [0.15, 0.2) is 0 Å². The minimum atomic E-state index is 0.132. The molecule has 0 aromatic rings. The second kappa shape index (κ2) is 8.01. The lowest BCUT2D eigenvalue weighted by molar-refractivity contribution is -0.111. The molecule has 4 nitrogen and oxygen atoms in total. The average Bonchev–Trinajstić information content (AvgIpc) is 2.29. The van der Waals surface area contributed by atoms with E-state index in [0.29, 0.717) is 19.3 Å². The Hall–Kier alpha value is -0.160. The summed E-state index contributed by atoms with van der Waals surface area (Å²) >= 11 is 0. The van der Waals surface area contributed by atoms with Gasteiger partial charge in [0.05, 0.1) is 25.4 Å². The number of nitrogens with one attached hydrogen (secondary N) is 1. The van der Waals surface area contributed by atoms with E-state index in [1.807, 2.05) is 13.8 Å². The highest BCUT2D eigenvalue weighted by molar-refractivity contribution is 4.80. The number of hydrogen-bond donors (Lipinski definition) is 1. The molecule has 0 spiro atoms. The Kier molecular flexibility index (Phi) is 6.96. The van der Waals surface area contributed by atoms with Crippen molar-refractivity contribution in [2.24, 2.45) is 0 Å². The molecular formula is C12H25NO3. The van der Waals surface area contributed by atoms with Gasteiger partial charge in [-0.15, -0.1) is 0 Å². The van der Waals surface area contributed by atoms with Crippen molar-refractivity contribution in [3.8, 4) is 0 Å². The van der Waals surface area contributed by atoms with Crippen LogP contribution in [0.25, 0.3) is 0 Å². The highest BCUT2D eigenvalue weighted by Gasteiger charge is 2.27. The van der Waals surface area contributed by atoms with Gasteiger partial charge in [-0.3, -0.25) is 0 Å². The maximum atomic E-state index is 5.95. The Morgan fingerprint density at radius 3 is 2.94 bits per heavy atom. The predicted octanol–water partition coefficient (Wildman–Crippen LogP) is 1.19. The molecule has 3 atom stereocenters. The van der Waals surface area contributed by atoms with Gasteiger partial charge in [0.15, 0.2) is 0 Å². The van der Waals surface area contributed by atoms with Gasteiger partial charge in [-0.05, 0) is 26.8 Å². The molecule has 1 aliphatic heterocycles. The van der Waals surface area contributed by atoms with Crippen molar-refractivity contribution in [2.75, 3.05) is 33.0 Å². The van der Waals surface area contributed by atoms with E-state index in [0.717, 1.165) is 26.2 Å². The van der Waals surface area contributed by atoms with Crippen molar-refractivity contribution in [1.29, 1.82) is 0 Å². The third kappa shape index (κ3) is 4.78. The van der Waals surface area contributed by atoms with Crippen molar-refractivity contribution in [2.45, 2.75) is 45.4 Å². The molecule has 16 heavy (non-hydrogen) atoms. The van der Waals surface area contributed by atoms with E-state index in [4.69, 9.17) is 14.2 Å². The first kappa shape index (κ1) is 13.9. The maximum absolute atomic E-state index is 5.95. The first-order chi connectivity index (χ1) is 7.77. The molecule has 4 heteroatoms. The molecule has 1 saturated heterocycles. The molecule has 0 aliphatic carbocycles. The van der Waals surface area contributed by atoms with Gasteiger partial charge in [0.1, 0.15) is 0 Å². The minimum absolute atomic E-state index is 0.132. The summed E-state index contributed by atoms with van der Waals surface area (Å²) in [4.78, 5) is 0. The fraction of sp³-hybridized carbons (Fsp3) is 1.00. The van der Waals surface area contributed by atoms with Gasteiger partial charge in [0, 0.05) is 19.3 Å². The molecule has 1 aliphatic rings. The van der Waals surface area contributed by atoms with Gasteiger partial charge in [0.25, 0.3) is 0 Å². The quantitative estimate of drug-likeness (QED) is 0.714. The zero-order chi connectivity index (χ0) is 11.8. The summed E-state index contributed by atoms with van der Waals surface area (Å²) in [6.45, 7) is 10.1. The molecule has 96 valence electrons. The minimum Gasteiger partial charge on any atom is -0.379 e. The number of likely N-dealkylation sites (N-methyl/N-ethyl adjacent to an activating group) is 1. The lowest BCUT2D eigenvalue weighted by atomic mass is 10.1. The summed E-state index contributed by atoms with van der Waals surface area (Å²) in [6.07, 6.45) is 1.32. The summed E-state index contributed by atoms with van der Waals surface area (Å²) in [5.41, 5.74) is 0. The SMILES string of the molecule is CCNC1CCOCC1OC(C)COCC. The fourth-order valence-corrected chi connectivity index (χ4v) is 1.96. The van der Waals surface area contributed by atoms with Gasteiger partial charge in [-0.25, -0.2) is 0 Å². The van der Waals surface area contributed by atoms with Gasteiger partial charge in [0.2, 0.25) is 0 Å². The molecule has 0 bridgehead atoms. The summed E-state index contributed by atoms with van der Waals surface area (Å²) in [5, 5.41) is 3.45. The second-order valence-electron chi connectivity index (χ2n) is 4.17. The standard InChI is InChI=1S/C12H25NO3/c1-4-13-11-6-7-15-9-12(11)16-10(3)8-14-5-2/h10-13H,4-9H2,1-3H3. The van der Waals surface area contributed by atoms with E-state index < -0.39 is 0 Å². The van der Waals surface area contributed by atoms with Crippen molar-refractivity contribution in [3.63, 3.8) is 0 Å². The zero-order valence-corrected chi connectivity index (χ0v) is 10.7. The molecule has 0 amide bonds. The molecule has 1 heterocycles. The summed E-state index contributed by atoms with van der Waals surface area (Å²) in [6, 6.07) is 0.419. The fourth-order valence-electron chi connectivity index (χ4n) is 1.96. The van der Waals surface area contributed by atoms with Crippen molar-refractivity contribution < 1.29 is 14.2 Å². The Labute approximate surface area is 98.6 Å². The van der Waals surface area contributed by atoms with Crippen LogP contribution in [0.3, 0.4) is 0 Å². The Balaban J connectivity index is 2.30. The Morgan fingerprint density at radius 1 is 1.44 bits per heavy atom. The molecule has 0 radical (unpaired) electrons. The number of ether oxygens (including phenoxy) is 3. The first-order valence-corrected chi connectivity index (χ1v) is 6.32. The highest BCUT2D eigenvalue weighted by atomic mass is 16.6. The Bertz CT molecular complexity index is 176. The normalized spacial score (nSPS) is 27.9. The third-order valence-electron chi connectivity index (χ3n) is 2.73. The van der Waals surface area contributed by atoms with Gasteiger partial charge >= 0.3 is 0 Å². The van der Waals surface area contributed by atoms with Crippen molar-refractivity contribution in [1.82, 2.24) is 5.32 Å². The van der Waals surface area contributed by atoms with Gasteiger partial charge in [-0.2, -0.15) is 0 Å². The topological polar surface area (TPSA) is 39.7 Å². The molecule has 0 aromatic carbocycles. The second-order valence-corrected chi connectivity index (χ2v) is 4.17. The van der Waals surface area contributed by atoms with Crippen LogP contribution in [0.5, 0.6) is 0 Å². The molecular weight excluding hydrogens is 206 g/mol. The smallest absolute Gasteiger partial charge is 0.0966 e. The van der Waals surface area contributed by atoms with Crippen LogP contribution in [-0.2, 0) is 14.2 Å². The first-order valence-electron chi connectivity index (χ1n) is 6.32. The molecule has 0 aromatic heterocycles. The monoisotopic (exact) mass is 231 g/mol. The van der Waals surface area contributed by atoms with Crippen molar-refractivity contribution in [3.05, 3.63) is 0 Å². The van der Waals surface area contributed by atoms with Crippen LogP contribution >= 0.6 is 0 Å². The van der Waals surface area contributed by atoms with Crippen LogP contribution < -0.4 is 5.32 Å². The zero-order valence-electron chi connectivity index (χ0n) is 10.7. The van der Waals surface area contributed by atoms with Gasteiger partial charge < -0.3 is 19.5 Å². The number of hydrogen-bond acceptors (Lipinski definition) is 4. The molecule has 1 fully saturated rings. The highest BCUT2D eigenvalue weighted by Crippen LogP contribution is 2.13. The molecule has 1 N–H and O–H groups in total. The van der Waals surface area contributed by atoms with E-state index >= 15 is 0 Å². The maximum Gasteiger partial charge on any atom is 0.0966 e. The lowest BCUT2D eigenvalue weighted by Gasteiger charge is -2.33. The van der Waals surface area contributed by atoms with Crippen LogP contribution in [0.1, 0.15) is 27.2 Å². The Morgan fingerprint density at radius 2 is 2.25 bits per heavy atom. The van der Waals surface area contributed by atoms with Crippen molar-refractivity contribution >= 4 is 0 Å². The van der Waals surface area contributed by atoms with E-state index in [1.54, 1.807) is 0 Å². The van der Waals surface area contributed by atoms with E-state index in [1.165, 1.54) is 0 Å². The third-order valence-corrected chi connectivity index (χ3v) is 2.73.